The van der Waals surface area contributed by atoms with Crippen LogP contribution in [0.15, 0.2) is 42.6 Å². The van der Waals surface area contributed by atoms with Gasteiger partial charge in [0.25, 0.3) is 12.2 Å². The molecule has 1 heterocycles. The highest BCUT2D eigenvalue weighted by Gasteiger charge is 2.22. The van der Waals surface area contributed by atoms with E-state index in [4.69, 9.17) is 4.74 Å². The summed E-state index contributed by atoms with van der Waals surface area (Å²) in [5.74, 6) is 0. The Hall–Kier alpha value is -3.35. The van der Waals surface area contributed by atoms with Gasteiger partial charge in [0.15, 0.2) is 0 Å². The summed E-state index contributed by atoms with van der Waals surface area (Å²) in [4.78, 5) is 24.6. The van der Waals surface area contributed by atoms with E-state index in [1.54, 1.807) is 19.2 Å². The third kappa shape index (κ3) is 3.23. The van der Waals surface area contributed by atoms with Crippen molar-refractivity contribution in [3.8, 4) is 0 Å². The molecule has 1 aromatic heterocycles. The molecule has 7 nitrogen and oxygen atoms in total. The Kier molecular flexibility index (Phi) is 4.88. The van der Waals surface area contributed by atoms with Crippen LogP contribution in [0.4, 0.5) is 17.1 Å². The molecule has 0 saturated heterocycles. The number of H-pyrrole nitrogens is 1. The number of ether oxygens (including phenoxy) is 1. The summed E-state index contributed by atoms with van der Waals surface area (Å²) in [7, 11) is 0. The van der Waals surface area contributed by atoms with Crippen molar-refractivity contribution < 1.29 is 14.5 Å². The summed E-state index contributed by atoms with van der Waals surface area (Å²) < 4.78 is 5.04. The second-order valence-corrected chi connectivity index (χ2v) is 5.94. The second kappa shape index (κ2) is 7.26. The van der Waals surface area contributed by atoms with E-state index in [9.17, 15) is 14.9 Å². The molecule has 0 aliphatic rings. The molecule has 0 amide bonds. The number of nitro groups is 1. The van der Waals surface area contributed by atoms with Gasteiger partial charge in [0.2, 0.25) is 0 Å². The fraction of sp³-hybridized carbons (Fsp3) is 0.211. The fourth-order valence-corrected chi connectivity index (χ4v) is 3.02. The molecule has 2 aromatic carbocycles. The number of nitrogens with one attached hydrogen (secondary N) is 2. The maximum Gasteiger partial charge on any atom is 0.293 e. The number of fused-ring (bicyclic) bond motifs is 1. The molecule has 0 aliphatic carbocycles. The van der Waals surface area contributed by atoms with Crippen LogP contribution in [0.1, 0.15) is 31.1 Å². The Bertz CT molecular complexity index is 965. The highest BCUT2D eigenvalue weighted by Crippen LogP contribution is 2.38. The Morgan fingerprint density at radius 1 is 1.35 bits per heavy atom. The first-order chi connectivity index (χ1) is 12.5. The van der Waals surface area contributed by atoms with Crippen LogP contribution in [0.25, 0.3) is 10.9 Å². The van der Waals surface area contributed by atoms with Gasteiger partial charge in [0, 0.05) is 34.6 Å². The lowest BCUT2D eigenvalue weighted by Crippen LogP contribution is -2.00. The minimum Gasteiger partial charge on any atom is -0.460 e. The predicted molar refractivity (Wildman–Crippen MR) is 99.6 cm³/mol. The molecular weight excluding hydrogens is 334 g/mol. The van der Waals surface area contributed by atoms with Gasteiger partial charge in [-0.25, -0.2) is 0 Å². The first-order valence-corrected chi connectivity index (χ1v) is 8.28. The van der Waals surface area contributed by atoms with Crippen molar-refractivity contribution in [3.05, 3.63) is 63.8 Å². The first-order valence-electron chi connectivity index (χ1n) is 8.28. The molecule has 0 radical (unpaired) electrons. The molecule has 1 atom stereocenters. The normalized spacial score (nSPS) is 11.9. The minimum atomic E-state index is -0.536. The van der Waals surface area contributed by atoms with Gasteiger partial charge in [-0.05, 0) is 37.1 Å². The number of anilines is 2. The van der Waals surface area contributed by atoms with E-state index in [2.05, 4.69) is 17.2 Å². The summed E-state index contributed by atoms with van der Waals surface area (Å²) in [6, 6.07) is 11.1. The molecule has 26 heavy (non-hydrogen) atoms. The largest absolute Gasteiger partial charge is 0.460 e. The third-order valence-electron chi connectivity index (χ3n) is 4.35. The maximum absolute atomic E-state index is 11.4. The molecule has 0 saturated carbocycles. The van der Waals surface area contributed by atoms with Crippen molar-refractivity contribution >= 4 is 34.4 Å². The Morgan fingerprint density at radius 3 is 2.85 bits per heavy atom. The van der Waals surface area contributed by atoms with Gasteiger partial charge in [-0.1, -0.05) is 19.1 Å². The predicted octanol–water partition coefficient (Wildman–Crippen LogP) is 4.62. The van der Waals surface area contributed by atoms with E-state index in [0.717, 1.165) is 12.1 Å². The lowest BCUT2D eigenvalue weighted by molar-refractivity contribution is -0.383. The summed E-state index contributed by atoms with van der Waals surface area (Å²) >= 11 is 0. The highest BCUT2D eigenvalue weighted by atomic mass is 16.6. The lowest BCUT2D eigenvalue weighted by atomic mass is 10.1. The van der Waals surface area contributed by atoms with Crippen LogP contribution in [0, 0.1) is 10.1 Å². The van der Waals surface area contributed by atoms with Gasteiger partial charge in [-0.3, -0.25) is 14.9 Å². The van der Waals surface area contributed by atoms with E-state index in [1.807, 2.05) is 24.3 Å². The Balaban J connectivity index is 2.14. The summed E-state index contributed by atoms with van der Waals surface area (Å²) in [6.07, 6.45) is 2.01. The molecule has 3 rings (SSSR count). The van der Waals surface area contributed by atoms with Crippen LogP contribution in [0.3, 0.4) is 0 Å². The van der Waals surface area contributed by atoms with Gasteiger partial charge < -0.3 is 15.0 Å². The zero-order valence-electron chi connectivity index (χ0n) is 14.5. The number of hydrogen-bond donors (Lipinski definition) is 2. The number of aromatic nitrogens is 1. The monoisotopic (exact) mass is 353 g/mol. The molecular formula is C19H19N3O4. The number of carbonyl (C=O) groups is 1. The number of aryl methyl sites for hydroxylation is 1. The zero-order chi connectivity index (χ0) is 18.7. The van der Waals surface area contributed by atoms with Gasteiger partial charge in [-0.15, -0.1) is 0 Å². The van der Waals surface area contributed by atoms with Crippen molar-refractivity contribution in [3.63, 3.8) is 0 Å². The summed E-state index contributed by atoms with van der Waals surface area (Å²) in [5, 5.41) is 15.3. The molecule has 0 spiro atoms. The van der Waals surface area contributed by atoms with Crippen LogP contribution in [0.2, 0.25) is 0 Å². The van der Waals surface area contributed by atoms with Crippen LogP contribution >= 0.6 is 0 Å². The van der Waals surface area contributed by atoms with Gasteiger partial charge >= 0.3 is 0 Å². The van der Waals surface area contributed by atoms with Gasteiger partial charge in [0.1, 0.15) is 11.6 Å². The number of aromatic amines is 1. The number of non-ortho nitro benzene ring substituents is 1. The van der Waals surface area contributed by atoms with Crippen LogP contribution < -0.4 is 5.32 Å². The number of rotatable bonds is 7. The first kappa shape index (κ1) is 17.5. The van der Waals surface area contributed by atoms with Crippen molar-refractivity contribution in [2.24, 2.45) is 0 Å². The quantitative estimate of drug-likeness (QED) is 0.367. The van der Waals surface area contributed by atoms with Crippen molar-refractivity contribution in [1.29, 1.82) is 0 Å². The third-order valence-corrected chi connectivity index (χ3v) is 4.35. The summed E-state index contributed by atoms with van der Waals surface area (Å²) in [5.41, 5.74) is 3.80. The number of hydrogen-bond acceptors (Lipinski definition) is 5. The smallest absolute Gasteiger partial charge is 0.293 e. The number of nitro benzene ring substituents is 1. The number of benzene rings is 2. The molecule has 134 valence electrons. The SMILES string of the molecule is CCc1cccc(Nc2ccc([N+](=O)[O-])c3[nH]cc(C(C)OC=O)c23)c1. The Labute approximate surface area is 150 Å². The number of nitrogens with zero attached hydrogens (tertiary/aromatic N) is 1. The van der Waals surface area contributed by atoms with Gasteiger partial charge in [0.05, 0.1) is 4.92 Å². The highest BCUT2D eigenvalue weighted by molar-refractivity contribution is 6.01. The molecule has 1 unspecified atom stereocenters. The lowest BCUT2D eigenvalue weighted by Gasteiger charge is -2.13. The molecule has 2 N–H and O–H groups in total. The standard InChI is InChI=1S/C19H19N3O4/c1-3-13-5-4-6-14(9-13)21-16-7-8-17(22(24)25)19-18(16)15(10-20-19)12(2)26-11-23/h4-12,20-21H,3H2,1-2H3. The second-order valence-electron chi connectivity index (χ2n) is 5.94. The van der Waals surface area contributed by atoms with Crippen LogP contribution in [0.5, 0.6) is 0 Å². The minimum absolute atomic E-state index is 0.0302. The van der Waals surface area contributed by atoms with Gasteiger partial charge in [-0.2, -0.15) is 0 Å². The van der Waals surface area contributed by atoms with E-state index < -0.39 is 11.0 Å². The van der Waals surface area contributed by atoms with Crippen molar-refractivity contribution in [2.45, 2.75) is 26.4 Å². The van der Waals surface area contributed by atoms with Crippen molar-refractivity contribution in [1.82, 2.24) is 4.98 Å². The molecule has 0 aliphatic heterocycles. The fourth-order valence-electron chi connectivity index (χ4n) is 3.02. The average molecular weight is 353 g/mol. The summed E-state index contributed by atoms with van der Waals surface area (Å²) in [6.45, 7) is 4.17. The van der Waals surface area contributed by atoms with Crippen molar-refractivity contribution in [2.75, 3.05) is 5.32 Å². The maximum atomic E-state index is 11.4. The van der Waals surface area contributed by atoms with E-state index in [1.165, 1.54) is 11.6 Å². The molecule has 3 aromatic rings. The topological polar surface area (TPSA) is 97.3 Å². The van der Waals surface area contributed by atoms with E-state index >= 15 is 0 Å². The van der Waals surface area contributed by atoms with Crippen LogP contribution in [-0.4, -0.2) is 16.4 Å². The molecule has 7 heteroatoms. The van der Waals surface area contributed by atoms with E-state index in [0.29, 0.717) is 28.6 Å². The van der Waals surface area contributed by atoms with Crippen LogP contribution in [-0.2, 0) is 16.0 Å². The number of carbonyl (C=O) groups excluding carboxylic acids is 1. The zero-order valence-corrected chi connectivity index (χ0v) is 14.5. The van der Waals surface area contributed by atoms with E-state index in [-0.39, 0.29) is 5.69 Å². The molecule has 0 bridgehead atoms. The average Bonchev–Trinajstić information content (AvgIpc) is 3.07. The Morgan fingerprint density at radius 2 is 2.15 bits per heavy atom. The molecule has 0 fully saturated rings.